The molecule has 2 rings (SSSR count). The SMILES string of the molecule is CCCC(C)C(=O)NCCOc1cccc2c1OC(C)(C)C2. The van der Waals surface area contributed by atoms with Crippen LogP contribution in [-0.4, -0.2) is 24.7 Å². The maximum absolute atomic E-state index is 11.8. The summed E-state index contributed by atoms with van der Waals surface area (Å²) in [6.45, 7) is 9.16. The molecule has 0 bridgehead atoms. The Labute approximate surface area is 133 Å². The molecule has 0 spiro atoms. The number of para-hydroxylation sites is 1. The first kappa shape index (κ1) is 16.7. The van der Waals surface area contributed by atoms with Crippen LogP contribution >= 0.6 is 0 Å². The fourth-order valence-corrected chi connectivity index (χ4v) is 2.77. The predicted octanol–water partition coefficient (Wildman–Crippen LogP) is 3.33. The summed E-state index contributed by atoms with van der Waals surface area (Å²) in [6.07, 6.45) is 2.83. The summed E-state index contributed by atoms with van der Waals surface area (Å²) in [5, 5.41) is 2.92. The molecule has 0 fully saturated rings. The van der Waals surface area contributed by atoms with E-state index in [1.807, 2.05) is 19.1 Å². The van der Waals surface area contributed by atoms with E-state index in [1.165, 1.54) is 5.56 Å². The Kier molecular flexibility index (Phi) is 5.33. The van der Waals surface area contributed by atoms with Crippen LogP contribution in [0.25, 0.3) is 0 Å². The highest BCUT2D eigenvalue weighted by Gasteiger charge is 2.32. The van der Waals surface area contributed by atoms with Gasteiger partial charge in [0, 0.05) is 17.9 Å². The molecule has 1 aromatic carbocycles. The zero-order chi connectivity index (χ0) is 16.2. The molecule has 122 valence electrons. The standard InChI is InChI=1S/C18H27NO3/c1-5-7-13(2)17(20)19-10-11-21-15-9-6-8-14-12-18(3,4)22-16(14)15/h6,8-9,13H,5,7,10-12H2,1-4H3,(H,19,20). The van der Waals surface area contributed by atoms with E-state index in [1.54, 1.807) is 0 Å². The van der Waals surface area contributed by atoms with E-state index < -0.39 is 0 Å². The van der Waals surface area contributed by atoms with Crippen molar-refractivity contribution < 1.29 is 14.3 Å². The Hall–Kier alpha value is -1.71. The van der Waals surface area contributed by atoms with Crippen molar-refractivity contribution in [3.8, 4) is 11.5 Å². The topological polar surface area (TPSA) is 47.6 Å². The first-order valence-electron chi connectivity index (χ1n) is 8.14. The van der Waals surface area contributed by atoms with Gasteiger partial charge in [-0.3, -0.25) is 4.79 Å². The molecule has 0 aromatic heterocycles. The minimum atomic E-state index is -0.175. The number of carbonyl (C=O) groups excluding carboxylic acids is 1. The second kappa shape index (κ2) is 7.03. The summed E-state index contributed by atoms with van der Waals surface area (Å²) in [6, 6.07) is 5.98. The molecule has 1 aliphatic heterocycles. The van der Waals surface area contributed by atoms with Crippen molar-refractivity contribution in [2.24, 2.45) is 5.92 Å². The Bertz CT molecular complexity index is 525. The zero-order valence-electron chi connectivity index (χ0n) is 14.1. The number of carbonyl (C=O) groups is 1. The van der Waals surface area contributed by atoms with Crippen LogP contribution in [0.2, 0.25) is 0 Å². The Morgan fingerprint density at radius 3 is 2.95 bits per heavy atom. The lowest BCUT2D eigenvalue weighted by Crippen LogP contribution is -2.32. The summed E-state index contributed by atoms with van der Waals surface area (Å²) in [5.74, 6) is 1.77. The van der Waals surface area contributed by atoms with Crippen molar-refractivity contribution in [3.05, 3.63) is 23.8 Å². The molecule has 0 aliphatic carbocycles. The lowest BCUT2D eigenvalue weighted by atomic mass is 10.0. The molecule has 0 saturated carbocycles. The minimum Gasteiger partial charge on any atom is -0.488 e. The van der Waals surface area contributed by atoms with Gasteiger partial charge >= 0.3 is 0 Å². The number of hydrogen-bond acceptors (Lipinski definition) is 3. The molecule has 4 heteroatoms. The Balaban J connectivity index is 1.82. The molecule has 1 amide bonds. The lowest BCUT2D eigenvalue weighted by molar-refractivity contribution is -0.124. The molecule has 22 heavy (non-hydrogen) atoms. The second-order valence-electron chi connectivity index (χ2n) is 6.61. The third-order valence-electron chi connectivity index (χ3n) is 3.88. The fraction of sp³-hybridized carbons (Fsp3) is 0.611. The zero-order valence-corrected chi connectivity index (χ0v) is 14.1. The average Bonchev–Trinajstić information content (AvgIpc) is 2.78. The molecule has 1 heterocycles. The third-order valence-corrected chi connectivity index (χ3v) is 3.88. The van der Waals surface area contributed by atoms with Gasteiger partial charge in [-0.2, -0.15) is 0 Å². The van der Waals surface area contributed by atoms with E-state index in [9.17, 15) is 4.79 Å². The lowest BCUT2D eigenvalue weighted by Gasteiger charge is -2.18. The Morgan fingerprint density at radius 1 is 1.45 bits per heavy atom. The van der Waals surface area contributed by atoms with Crippen molar-refractivity contribution >= 4 is 5.91 Å². The van der Waals surface area contributed by atoms with Crippen LogP contribution in [0.3, 0.4) is 0 Å². The van der Waals surface area contributed by atoms with E-state index in [0.29, 0.717) is 13.2 Å². The van der Waals surface area contributed by atoms with E-state index in [4.69, 9.17) is 9.47 Å². The first-order valence-corrected chi connectivity index (χ1v) is 8.14. The molecule has 0 saturated heterocycles. The Morgan fingerprint density at radius 2 is 2.23 bits per heavy atom. The van der Waals surface area contributed by atoms with Gasteiger partial charge in [-0.1, -0.05) is 32.4 Å². The number of nitrogens with one attached hydrogen (secondary N) is 1. The van der Waals surface area contributed by atoms with Gasteiger partial charge in [0.25, 0.3) is 0 Å². The van der Waals surface area contributed by atoms with Crippen molar-refractivity contribution in [2.45, 2.75) is 52.6 Å². The molecular weight excluding hydrogens is 278 g/mol. The number of benzene rings is 1. The monoisotopic (exact) mass is 305 g/mol. The van der Waals surface area contributed by atoms with Crippen LogP contribution in [0, 0.1) is 5.92 Å². The van der Waals surface area contributed by atoms with Gasteiger partial charge in [0.15, 0.2) is 11.5 Å². The summed E-state index contributed by atoms with van der Waals surface area (Å²) >= 11 is 0. The number of amides is 1. The number of fused-ring (bicyclic) bond motifs is 1. The molecule has 1 N–H and O–H groups in total. The van der Waals surface area contributed by atoms with Gasteiger partial charge in [-0.05, 0) is 26.3 Å². The molecule has 1 atom stereocenters. The van der Waals surface area contributed by atoms with Crippen molar-refractivity contribution in [1.29, 1.82) is 0 Å². The maximum Gasteiger partial charge on any atom is 0.222 e. The van der Waals surface area contributed by atoms with Crippen LogP contribution in [0.4, 0.5) is 0 Å². The minimum absolute atomic E-state index is 0.0649. The second-order valence-corrected chi connectivity index (χ2v) is 6.61. The summed E-state index contributed by atoms with van der Waals surface area (Å²) in [7, 11) is 0. The van der Waals surface area contributed by atoms with E-state index in [0.717, 1.165) is 30.8 Å². The number of ether oxygens (including phenoxy) is 2. The molecule has 0 radical (unpaired) electrons. The first-order chi connectivity index (χ1) is 10.4. The van der Waals surface area contributed by atoms with E-state index >= 15 is 0 Å². The smallest absolute Gasteiger partial charge is 0.222 e. The summed E-state index contributed by atoms with van der Waals surface area (Å²) in [5.41, 5.74) is 1.01. The number of hydrogen-bond donors (Lipinski definition) is 1. The maximum atomic E-state index is 11.8. The van der Waals surface area contributed by atoms with Crippen LogP contribution in [0.1, 0.15) is 46.1 Å². The van der Waals surface area contributed by atoms with Gasteiger partial charge in [0.1, 0.15) is 12.2 Å². The van der Waals surface area contributed by atoms with Gasteiger partial charge in [-0.25, -0.2) is 0 Å². The van der Waals surface area contributed by atoms with Gasteiger partial charge in [0.05, 0.1) is 6.54 Å². The quantitative estimate of drug-likeness (QED) is 0.786. The summed E-state index contributed by atoms with van der Waals surface area (Å²) < 4.78 is 11.8. The molecule has 1 aliphatic rings. The molecule has 1 aromatic rings. The highest BCUT2D eigenvalue weighted by Crippen LogP contribution is 2.41. The normalized spacial score (nSPS) is 16.5. The summed E-state index contributed by atoms with van der Waals surface area (Å²) in [4.78, 5) is 11.8. The fourth-order valence-electron chi connectivity index (χ4n) is 2.77. The van der Waals surface area contributed by atoms with Crippen molar-refractivity contribution in [2.75, 3.05) is 13.2 Å². The van der Waals surface area contributed by atoms with E-state index in [-0.39, 0.29) is 17.4 Å². The van der Waals surface area contributed by atoms with Crippen LogP contribution in [0.15, 0.2) is 18.2 Å². The molecule has 1 unspecified atom stereocenters. The molecule has 4 nitrogen and oxygen atoms in total. The van der Waals surface area contributed by atoms with Crippen LogP contribution in [-0.2, 0) is 11.2 Å². The average molecular weight is 305 g/mol. The van der Waals surface area contributed by atoms with Gasteiger partial charge in [-0.15, -0.1) is 0 Å². The highest BCUT2D eigenvalue weighted by molar-refractivity contribution is 5.78. The van der Waals surface area contributed by atoms with E-state index in [2.05, 4.69) is 32.2 Å². The predicted molar refractivity (Wildman–Crippen MR) is 87.4 cm³/mol. The molecular formula is C18H27NO3. The highest BCUT2D eigenvalue weighted by atomic mass is 16.5. The van der Waals surface area contributed by atoms with Crippen molar-refractivity contribution in [3.63, 3.8) is 0 Å². The van der Waals surface area contributed by atoms with Gasteiger partial charge < -0.3 is 14.8 Å². The largest absolute Gasteiger partial charge is 0.488 e. The number of rotatable bonds is 7. The van der Waals surface area contributed by atoms with Crippen molar-refractivity contribution in [1.82, 2.24) is 5.32 Å². The van der Waals surface area contributed by atoms with Crippen LogP contribution < -0.4 is 14.8 Å². The van der Waals surface area contributed by atoms with Gasteiger partial charge in [0.2, 0.25) is 5.91 Å². The van der Waals surface area contributed by atoms with Crippen LogP contribution in [0.5, 0.6) is 11.5 Å². The third kappa shape index (κ3) is 4.15.